The number of hydrogen-bond acceptors (Lipinski definition) is 4. The lowest BCUT2D eigenvalue weighted by Gasteiger charge is -2.30. The van der Waals surface area contributed by atoms with Crippen molar-refractivity contribution in [3.8, 4) is 0 Å². The third-order valence-corrected chi connectivity index (χ3v) is 4.40. The Balaban J connectivity index is 1.71. The van der Waals surface area contributed by atoms with Gasteiger partial charge in [0, 0.05) is 25.3 Å². The fraction of sp³-hybridized carbons (Fsp3) is 0.706. The van der Waals surface area contributed by atoms with Crippen molar-refractivity contribution in [3.05, 3.63) is 17.8 Å². The lowest BCUT2D eigenvalue weighted by atomic mass is 9.94. The Kier molecular flexibility index (Phi) is 7.42. The van der Waals surface area contributed by atoms with Crippen molar-refractivity contribution in [3.63, 3.8) is 0 Å². The number of aromatic nitrogens is 1. The van der Waals surface area contributed by atoms with Crippen LogP contribution in [0.15, 0.2) is 12.1 Å². The zero-order chi connectivity index (χ0) is 16.5. The Hall–Kier alpha value is -1.53. The van der Waals surface area contributed by atoms with Crippen LogP contribution in [0.2, 0.25) is 0 Å². The fourth-order valence-corrected chi connectivity index (χ4v) is 2.94. The van der Waals surface area contributed by atoms with E-state index in [0.717, 1.165) is 45.3 Å². The van der Waals surface area contributed by atoms with Crippen LogP contribution < -0.4 is 5.32 Å². The average Bonchev–Trinajstić information content (AvgIpc) is 3.03. The summed E-state index contributed by atoms with van der Waals surface area (Å²) in [6, 6.07) is 3.98. The molecule has 2 heterocycles. The molecule has 1 aliphatic heterocycles. The van der Waals surface area contributed by atoms with Gasteiger partial charge in [0.2, 0.25) is 0 Å². The molecule has 2 N–H and O–H groups in total. The van der Waals surface area contributed by atoms with Crippen LogP contribution in [0, 0.1) is 0 Å². The predicted molar refractivity (Wildman–Crippen MR) is 91.0 cm³/mol. The van der Waals surface area contributed by atoms with Crippen molar-refractivity contribution in [2.45, 2.75) is 38.5 Å². The Morgan fingerprint density at radius 3 is 2.74 bits per heavy atom. The topological polar surface area (TPSA) is 66.6 Å². The first kappa shape index (κ1) is 17.8. The van der Waals surface area contributed by atoms with Gasteiger partial charge in [-0.1, -0.05) is 6.92 Å². The number of H-pyrrole nitrogens is 1. The van der Waals surface area contributed by atoms with E-state index in [1.54, 1.807) is 7.11 Å². The maximum atomic E-state index is 11.7. The second-order valence-electron chi connectivity index (χ2n) is 6.00. The molecule has 0 spiro atoms. The molecule has 0 aliphatic carbocycles. The minimum Gasteiger partial charge on any atom is -0.449 e. The van der Waals surface area contributed by atoms with Gasteiger partial charge in [0.1, 0.15) is 5.82 Å². The molecule has 6 heteroatoms. The molecule has 1 amide bonds. The smallest absolute Gasteiger partial charge is 0.412 e. The third-order valence-electron chi connectivity index (χ3n) is 4.40. The van der Waals surface area contributed by atoms with Crippen LogP contribution in [0.25, 0.3) is 0 Å². The maximum absolute atomic E-state index is 11.7. The number of nitrogens with one attached hydrogen (secondary N) is 2. The molecule has 1 aromatic heterocycles. The van der Waals surface area contributed by atoms with Gasteiger partial charge in [-0.15, -0.1) is 0 Å². The van der Waals surface area contributed by atoms with Gasteiger partial charge < -0.3 is 19.4 Å². The summed E-state index contributed by atoms with van der Waals surface area (Å²) >= 11 is 0. The molecule has 0 atom stereocenters. The number of carbonyl (C=O) groups is 1. The van der Waals surface area contributed by atoms with Crippen LogP contribution in [0.3, 0.4) is 0 Å². The van der Waals surface area contributed by atoms with Crippen molar-refractivity contribution < 1.29 is 14.3 Å². The molecule has 0 bridgehead atoms. The molecular weight excluding hydrogens is 294 g/mol. The van der Waals surface area contributed by atoms with E-state index >= 15 is 0 Å². The monoisotopic (exact) mass is 323 g/mol. The van der Waals surface area contributed by atoms with E-state index in [-0.39, 0.29) is 0 Å². The lowest BCUT2D eigenvalue weighted by Crippen LogP contribution is -2.32. The summed E-state index contributed by atoms with van der Waals surface area (Å²) in [5.41, 5.74) is 1.20. The van der Waals surface area contributed by atoms with Crippen molar-refractivity contribution in [1.29, 1.82) is 0 Å². The van der Waals surface area contributed by atoms with Crippen molar-refractivity contribution >= 4 is 11.9 Å². The number of hydrogen-bond donors (Lipinski definition) is 2. The summed E-state index contributed by atoms with van der Waals surface area (Å²) < 4.78 is 10.1. The molecule has 2 rings (SSSR count). The molecule has 130 valence electrons. The Labute approximate surface area is 138 Å². The number of unbranched alkanes of at least 4 members (excludes halogenated alkanes) is 1. The van der Waals surface area contributed by atoms with Crippen molar-refractivity contribution in [1.82, 2.24) is 9.88 Å². The summed E-state index contributed by atoms with van der Waals surface area (Å²) in [6.07, 6.45) is 3.63. The molecule has 1 saturated heterocycles. The molecule has 0 saturated carbocycles. The van der Waals surface area contributed by atoms with Crippen LogP contribution in [0.4, 0.5) is 10.6 Å². The summed E-state index contributed by atoms with van der Waals surface area (Å²) in [4.78, 5) is 17.5. The highest BCUT2D eigenvalue weighted by molar-refractivity contribution is 5.83. The minimum absolute atomic E-state index is 0.406. The molecular formula is C17H29N3O3. The molecule has 1 fully saturated rings. The number of piperidine rings is 1. The van der Waals surface area contributed by atoms with Crippen LogP contribution >= 0.6 is 0 Å². The standard InChI is InChI=1S/C17H29N3O3/c1-3-20-10-8-14(9-11-20)15-6-7-16(18-15)19-17(21)23-13-5-4-12-22-2/h6-7,14,18H,3-5,8-13H2,1-2H3,(H,19,21). The average molecular weight is 323 g/mol. The number of rotatable bonds is 8. The zero-order valence-corrected chi connectivity index (χ0v) is 14.3. The Morgan fingerprint density at radius 1 is 1.30 bits per heavy atom. The third kappa shape index (κ3) is 5.88. The number of aromatic amines is 1. The van der Waals surface area contributed by atoms with E-state index in [1.165, 1.54) is 5.69 Å². The molecule has 0 unspecified atom stereocenters. The van der Waals surface area contributed by atoms with Crippen molar-refractivity contribution in [2.75, 3.05) is 45.3 Å². The SMILES string of the molecule is CCN1CCC(c2ccc(NC(=O)OCCCCOC)[nH]2)CC1. The molecule has 1 aliphatic rings. The van der Waals surface area contributed by atoms with E-state index < -0.39 is 6.09 Å². The molecule has 0 radical (unpaired) electrons. The van der Waals surface area contributed by atoms with Crippen molar-refractivity contribution in [2.24, 2.45) is 0 Å². The zero-order valence-electron chi connectivity index (χ0n) is 14.3. The first-order chi connectivity index (χ1) is 11.2. The number of anilines is 1. The number of nitrogens with zero attached hydrogens (tertiary/aromatic N) is 1. The highest BCUT2D eigenvalue weighted by Crippen LogP contribution is 2.28. The molecule has 23 heavy (non-hydrogen) atoms. The van der Waals surface area contributed by atoms with E-state index in [1.807, 2.05) is 6.07 Å². The second-order valence-corrected chi connectivity index (χ2v) is 6.00. The van der Waals surface area contributed by atoms with Crippen LogP contribution in [-0.4, -0.2) is 55.9 Å². The maximum Gasteiger partial charge on any atom is 0.412 e. The first-order valence-corrected chi connectivity index (χ1v) is 8.57. The van der Waals surface area contributed by atoms with Gasteiger partial charge in [0.05, 0.1) is 6.61 Å². The summed E-state index contributed by atoms with van der Waals surface area (Å²) in [7, 11) is 1.67. The fourth-order valence-electron chi connectivity index (χ4n) is 2.94. The summed E-state index contributed by atoms with van der Waals surface area (Å²) in [5.74, 6) is 1.26. The Bertz CT molecular complexity index is 467. The summed E-state index contributed by atoms with van der Waals surface area (Å²) in [6.45, 7) is 6.73. The van der Waals surface area contributed by atoms with Crippen LogP contribution in [0.1, 0.15) is 44.2 Å². The highest BCUT2D eigenvalue weighted by Gasteiger charge is 2.20. The van der Waals surface area contributed by atoms with Gasteiger partial charge in [-0.2, -0.15) is 0 Å². The molecule has 1 aromatic rings. The van der Waals surface area contributed by atoms with E-state index in [0.29, 0.717) is 24.9 Å². The van der Waals surface area contributed by atoms with Gasteiger partial charge in [0.25, 0.3) is 0 Å². The van der Waals surface area contributed by atoms with Gasteiger partial charge >= 0.3 is 6.09 Å². The van der Waals surface area contributed by atoms with Crippen LogP contribution in [0.5, 0.6) is 0 Å². The molecule has 6 nitrogen and oxygen atoms in total. The number of methoxy groups -OCH3 is 1. The highest BCUT2D eigenvalue weighted by atomic mass is 16.5. The van der Waals surface area contributed by atoms with Gasteiger partial charge in [-0.3, -0.25) is 5.32 Å². The Morgan fingerprint density at radius 2 is 2.04 bits per heavy atom. The lowest BCUT2D eigenvalue weighted by molar-refractivity contribution is 0.148. The van der Waals surface area contributed by atoms with Gasteiger partial charge in [-0.25, -0.2) is 4.79 Å². The van der Waals surface area contributed by atoms with E-state index in [4.69, 9.17) is 9.47 Å². The second kappa shape index (κ2) is 9.57. The van der Waals surface area contributed by atoms with E-state index in [9.17, 15) is 4.79 Å². The number of ether oxygens (including phenoxy) is 2. The first-order valence-electron chi connectivity index (χ1n) is 8.57. The number of likely N-dealkylation sites (tertiary alicyclic amines) is 1. The minimum atomic E-state index is -0.406. The number of carbonyl (C=O) groups excluding carboxylic acids is 1. The predicted octanol–water partition coefficient (Wildman–Crippen LogP) is 3.19. The number of amides is 1. The van der Waals surface area contributed by atoms with Gasteiger partial charge in [-0.05, 0) is 57.5 Å². The van der Waals surface area contributed by atoms with E-state index in [2.05, 4.69) is 28.2 Å². The normalized spacial score (nSPS) is 16.4. The summed E-state index contributed by atoms with van der Waals surface area (Å²) in [5, 5.41) is 2.75. The quantitative estimate of drug-likeness (QED) is 0.721. The molecule has 0 aromatic carbocycles. The largest absolute Gasteiger partial charge is 0.449 e. The van der Waals surface area contributed by atoms with Crippen LogP contribution in [-0.2, 0) is 9.47 Å². The van der Waals surface area contributed by atoms with Gasteiger partial charge in [0.15, 0.2) is 0 Å².